The zero-order valence-electron chi connectivity index (χ0n) is 28.2. The summed E-state index contributed by atoms with van der Waals surface area (Å²) in [5, 5.41) is 13.2. The van der Waals surface area contributed by atoms with Gasteiger partial charge in [-0.1, -0.05) is 58.5 Å². The van der Waals surface area contributed by atoms with Crippen LogP contribution in [0.5, 0.6) is 0 Å². The number of aliphatic hydroxyl groups excluding tert-OH is 1. The van der Waals surface area contributed by atoms with Crippen molar-refractivity contribution in [3.63, 3.8) is 0 Å². The van der Waals surface area contributed by atoms with Gasteiger partial charge in [-0.05, 0) is 85.2 Å². The lowest BCUT2D eigenvalue weighted by Crippen LogP contribution is -2.77. The summed E-state index contributed by atoms with van der Waals surface area (Å²) in [5.74, 6) is 0. The van der Waals surface area contributed by atoms with E-state index in [0.29, 0.717) is 16.3 Å². The van der Waals surface area contributed by atoms with Gasteiger partial charge in [-0.25, -0.2) is 0 Å². The highest BCUT2D eigenvalue weighted by Gasteiger charge is 2.49. The van der Waals surface area contributed by atoms with Crippen LogP contribution in [0.2, 0.25) is 5.02 Å². The molecule has 7 nitrogen and oxygen atoms in total. The lowest BCUT2D eigenvalue weighted by atomic mass is 9.86. The Balaban J connectivity index is 0.000000779. The molecule has 1 aromatic carbocycles. The summed E-state index contributed by atoms with van der Waals surface area (Å²) < 4.78 is 36.7. The SMILES string of the molecule is C=C(NCCC(O)C(F)(F)F)/C(C)=C\C(=C)c1cc(Cl)ccc1P.CC.CC.Cc1ccnc(CN2CC3C2CN3C)c1.NC=O. The molecule has 3 heterocycles. The number of likely N-dealkylation sites (N-methyl/N-ethyl adjacent to an activating group) is 1. The molecule has 2 aliphatic rings. The standard InChI is InChI=1S/C17H20ClF3NOP.C12H17N3.2C2H6.CH3NO/c1-10(12(3)22-7-6-16(23)17(19,20)21)8-11(2)14-9-13(18)4-5-15(14)24;1-9-3-4-13-10(5-9)6-15-8-11-12(15)7-14(11)2;2*1-2;2-1-3/h4-5,8-9,16,22-23H,2-3,6-7,24H2,1H3;3-5,11-12H,6-8H2,1-2H3;2*1-2H3;1H,(H2,2,3)/b10-8-;;;;. The summed E-state index contributed by atoms with van der Waals surface area (Å²) in [7, 11) is 4.80. The summed E-state index contributed by atoms with van der Waals surface area (Å²) in [4.78, 5) is 18.0. The highest BCUT2D eigenvalue weighted by atomic mass is 35.5. The third-order valence-electron chi connectivity index (χ3n) is 7.08. The maximum absolute atomic E-state index is 12.2. The number of nitrogens with one attached hydrogen (secondary N) is 1. The largest absolute Gasteiger partial charge is 0.414 e. The van der Waals surface area contributed by atoms with E-state index < -0.39 is 18.7 Å². The molecule has 4 rings (SSSR count). The highest BCUT2D eigenvalue weighted by molar-refractivity contribution is 7.27. The predicted octanol–water partition coefficient (Wildman–Crippen LogP) is 6.26. The highest BCUT2D eigenvalue weighted by Crippen LogP contribution is 2.32. The normalized spacial score (nSPS) is 17.5. The number of aromatic nitrogens is 1. The van der Waals surface area contributed by atoms with Crippen LogP contribution in [0.15, 0.2) is 67.0 Å². The first kappa shape index (κ1) is 43.2. The van der Waals surface area contributed by atoms with Crippen molar-refractivity contribution >= 4 is 38.1 Å². The van der Waals surface area contributed by atoms with Gasteiger partial charge in [0.05, 0.1) is 5.69 Å². The summed E-state index contributed by atoms with van der Waals surface area (Å²) in [6, 6.07) is 11.3. The van der Waals surface area contributed by atoms with E-state index in [1.807, 2.05) is 40.0 Å². The smallest absolute Gasteiger partial charge is 0.385 e. The minimum Gasteiger partial charge on any atom is -0.385 e. The van der Waals surface area contributed by atoms with Crippen molar-refractivity contribution in [1.29, 1.82) is 0 Å². The average molecular weight is 686 g/mol. The number of fused-ring (bicyclic) bond motifs is 1. The Morgan fingerprint density at radius 2 is 1.80 bits per heavy atom. The van der Waals surface area contributed by atoms with Gasteiger partial charge in [0.25, 0.3) is 0 Å². The number of aliphatic hydroxyl groups is 1. The zero-order chi connectivity index (χ0) is 35.6. The van der Waals surface area contributed by atoms with E-state index in [0.717, 1.165) is 35.1 Å². The third-order valence-corrected chi connectivity index (χ3v) is 7.81. The van der Waals surface area contributed by atoms with Gasteiger partial charge in [0, 0.05) is 55.2 Å². The first-order valence-electron chi connectivity index (χ1n) is 15.3. The molecule has 4 atom stereocenters. The number of allylic oxidation sites excluding steroid dienone is 3. The second kappa shape index (κ2) is 21.9. The third kappa shape index (κ3) is 14.3. The van der Waals surface area contributed by atoms with E-state index in [4.69, 9.17) is 21.5 Å². The first-order valence-corrected chi connectivity index (χ1v) is 16.2. The van der Waals surface area contributed by atoms with Crippen LogP contribution in [0.1, 0.15) is 57.9 Å². The molecule has 0 radical (unpaired) electrons. The van der Waals surface area contributed by atoms with Gasteiger partial charge in [0.2, 0.25) is 6.41 Å². The molecule has 0 saturated carbocycles. The number of hydrogen-bond acceptors (Lipinski definition) is 6. The molecule has 1 amide bonds. The van der Waals surface area contributed by atoms with Crippen LogP contribution in [0.3, 0.4) is 0 Å². The number of likely N-dealkylation sites (tertiary alicyclic amines) is 2. The number of rotatable bonds is 9. The first-order chi connectivity index (χ1) is 21.7. The Kier molecular flexibility index (Phi) is 20.6. The van der Waals surface area contributed by atoms with Crippen LogP contribution in [0, 0.1) is 6.92 Å². The Labute approximate surface area is 281 Å². The lowest BCUT2D eigenvalue weighted by molar-refractivity contribution is -0.204. The predicted molar refractivity (Wildman–Crippen MR) is 190 cm³/mol. The number of carbonyl (C=O) groups excluding carboxylic acids is 1. The molecule has 4 unspecified atom stereocenters. The number of hydrogen-bond donors (Lipinski definition) is 3. The molecular formula is C34H52ClF3N5O2P. The number of amides is 1. The fourth-order valence-corrected chi connectivity index (χ4v) is 5.07. The quantitative estimate of drug-likeness (QED) is 0.164. The number of aryl methyl sites for hydroxylation is 1. The monoisotopic (exact) mass is 685 g/mol. The van der Waals surface area contributed by atoms with Gasteiger partial charge in [-0.3, -0.25) is 19.6 Å². The van der Waals surface area contributed by atoms with E-state index in [9.17, 15) is 13.2 Å². The van der Waals surface area contributed by atoms with E-state index in [-0.39, 0.29) is 13.0 Å². The van der Waals surface area contributed by atoms with Crippen molar-refractivity contribution in [2.45, 2.75) is 78.9 Å². The van der Waals surface area contributed by atoms with E-state index in [1.54, 1.807) is 25.1 Å². The van der Waals surface area contributed by atoms with Gasteiger partial charge >= 0.3 is 6.18 Å². The van der Waals surface area contributed by atoms with Crippen molar-refractivity contribution in [3.8, 4) is 0 Å². The van der Waals surface area contributed by atoms with Crippen LogP contribution in [-0.2, 0) is 11.3 Å². The van der Waals surface area contributed by atoms with Crippen molar-refractivity contribution < 1.29 is 23.1 Å². The Hall–Kier alpha value is -2.75. The maximum atomic E-state index is 12.2. The van der Waals surface area contributed by atoms with Crippen LogP contribution >= 0.6 is 20.8 Å². The number of pyridine rings is 1. The minimum atomic E-state index is -4.61. The molecule has 0 bridgehead atoms. The number of alkyl halides is 3. The van der Waals surface area contributed by atoms with Crippen molar-refractivity contribution in [3.05, 3.63) is 88.9 Å². The topological polar surface area (TPSA) is 94.7 Å². The average Bonchev–Trinajstić information content (AvgIpc) is 3.01. The number of carbonyl (C=O) groups is 1. The second-order valence-corrected chi connectivity index (χ2v) is 11.4. The minimum absolute atomic E-state index is 0.0385. The van der Waals surface area contributed by atoms with Crippen molar-refractivity contribution in [2.24, 2.45) is 5.73 Å². The number of benzene rings is 1. The van der Waals surface area contributed by atoms with E-state index in [1.165, 1.54) is 24.3 Å². The second-order valence-electron chi connectivity index (χ2n) is 10.3. The van der Waals surface area contributed by atoms with Crippen LogP contribution in [0.4, 0.5) is 13.2 Å². The molecule has 12 heteroatoms. The molecule has 0 aliphatic carbocycles. The lowest BCUT2D eigenvalue weighted by Gasteiger charge is -2.61. The van der Waals surface area contributed by atoms with Gasteiger partial charge in [0.1, 0.15) is 0 Å². The van der Waals surface area contributed by atoms with Crippen LogP contribution < -0.4 is 16.4 Å². The number of primary amides is 1. The molecule has 4 N–H and O–H groups in total. The molecule has 46 heavy (non-hydrogen) atoms. The molecule has 258 valence electrons. The van der Waals surface area contributed by atoms with E-state index >= 15 is 0 Å². The van der Waals surface area contributed by atoms with Gasteiger partial charge in [-0.2, -0.15) is 13.2 Å². The van der Waals surface area contributed by atoms with Crippen LogP contribution in [0.25, 0.3) is 5.57 Å². The summed E-state index contributed by atoms with van der Waals surface area (Å²) in [6.45, 7) is 23.1. The Morgan fingerprint density at radius 1 is 1.20 bits per heavy atom. The molecule has 1 aromatic heterocycles. The molecule has 2 saturated heterocycles. The molecule has 2 fully saturated rings. The van der Waals surface area contributed by atoms with Crippen molar-refractivity contribution in [2.75, 3.05) is 26.7 Å². The summed E-state index contributed by atoms with van der Waals surface area (Å²) in [6.07, 6.45) is -3.46. The van der Waals surface area contributed by atoms with E-state index in [2.05, 4.69) is 74.3 Å². The fraction of sp³-hybridized carbons (Fsp3) is 0.471. The molecule has 2 aliphatic heterocycles. The number of nitrogens with two attached hydrogens (primary N) is 1. The van der Waals surface area contributed by atoms with Gasteiger partial charge in [-0.15, -0.1) is 9.24 Å². The molecule has 0 spiro atoms. The van der Waals surface area contributed by atoms with Crippen LogP contribution in [-0.4, -0.2) is 77.3 Å². The Bertz CT molecular complexity index is 1280. The van der Waals surface area contributed by atoms with Gasteiger partial charge in [0.15, 0.2) is 6.10 Å². The summed E-state index contributed by atoms with van der Waals surface area (Å²) in [5.41, 5.74) is 9.44. The number of halogens is 4. The van der Waals surface area contributed by atoms with Crippen molar-refractivity contribution in [1.82, 2.24) is 20.1 Å². The molecule has 2 aromatic rings. The Morgan fingerprint density at radius 3 is 2.30 bits per heavy atom. The number of nitrogens with zero attached hydrogens (tertiary/aromatic N) is 3. The maximum Gasteiger partial charge on any atom is 0.414 e. The molecular weight excluding hydrogens is 634 g/mol. The fourth-order valence-electron chi connectivity index (χ4n) is 4.54. The summed E-state index contributed by atoms with van der Waals surface area (Å²) >= 11 is 5.98. The zero-order valence-corrected chi connectivity index (χ0v) is 30.1. The van der Waals surface area contributed by atoms with Gasteiger partial charge < -0.3 is 16.2 Å². The number of piperazine rings is 1.